The molecule has 1 amide bonds. The van der Waals surface area contributed by atoms with Crippen molar-refractivity contribution >= 4 is 17.2 Å². The number of ether oxygens (including phenoxy) is 2. The molecule has 0 spiro atoms. The Balaban J connectivity index is 1.90. The maximum atomic E-state index is 12.8. The monoisotopic (exact) mass is 339 g/mol. The van der Waals surface area contributed by atoms with Gasteiger partial charge in [0.25, 0.3) is 5.91 Å². The van der Waals surface area contributed by atoms with Gasteiger partial charge in [-0.05, 0) is 35.6 Å². The number of nitrogens with zero attached hydrogens (tertiary/aromatic N) is 1. The van der Waals surface area contributed by atoms with Gasteiger partial charge in [0, 0.05) is 18.0 Å². The van der Waals surface area contributed by atoms with Crippen molar-refractivity contribution in [3.8, 4) is 11.5 Å². The maximum absolute atomic E-state index is 12.8. The lowest BCUT2D eigenvalue weighted by Gasteiger charge is -2.28. The standard InChI is InChI=1S/C16H15F2NO3S/c1-21-12-4-2-3-11(14(12)22-16(17)18)15(20)19-7-5-13-10(9-19)6-8-23-13/h2-4,6,8,16H,5,7,9H2,1H3. The molecular weight excluding hydrogens is 324 g/mol. The summed E-state index contributed by atoms with van der Waals surface area (Å²) in [5.41, 5.74) is 1.19. The Morgan fingerprint density at radius 2 is 2.17 bits per heavy atom. The lowest BCUT2D eigenvalue weighted by Crippen LogP contribution is -2.35. The van der Waals surface area contributed by atoms with Crippen LogP contribution in [0.2, 0.25) is 0 Å². The third kappa shape index (κ3) is 3.14. The van der Waals surface area contributed by atoms with Crippen LogP contribution < -0.4 is 9.47 Å². The third-order valence-corrected chi connectivity index (χ3v) is 4.75. The number of thiophene rings is 1. The Morgan fingerprint density at radius 3 is 2.91 bits per heavy atom. The van der Waals surface area contributed by atoms with Gasteiger partial charge in [-0.25, -0.2) is 0 Å². The molecule has 0 unspecified atom stereocenters. The van der Waals surface area contributed by atoms with Crippen molar-refractivity contribution in [2.24, 2.45) is 0 Å². The number of alkyl halides is 2. The molecule has 0 saturated carbocycles. The summed E-state index contributed by atoms with van der Waals surface area (Å²) in [6.07, 6.45) is 0.772. The van der Waals surface area contributed by atoms with Crippen LogP contribution in [-0.4, -0.2) is 31.1 Å². The van der Waals surface area contributed by atoms with E-state index >= 15 is 0 Å². The molecule has 0 N–H and O–H groups in total. The van der Waals surface area contributed by atoms with Gasteiger partial charge in [-0.2, -0.15) is 8.78 Å². The first-order valence-electron chi connectivity index (χ1n) is 7.06. The first kappa shape index (κ1) is 15.7. The number of methoxy groups -OCH3 is 1. The highest BCUT2D eigenvalue weighted by molar-refractivity contribution is 7.10. The number of fused-ring (bicyclic) bond motifs is 1. The molecule has 1 aromatic carbocycles. The van der Waals surface area contributed by atoms with E-state index in [0.717, 1.165) is 12.0 Å². The fourth-order valence-corrected chi connectivity index (χ4v) is 3.54. The van der Waals surface area contributed by atoms with Crippen LogP contribution in [-0.2, 0) is 13.0 Å². The number of carbonyl (C=O) groups is 1. The average Bonchev–Trinajstić information content (AvgIpc) is 3.01. The number of amides is 1. The Kier molecular flexibility index (Phi) is 4.47. The molecule has 0 bridgehead atoms. The van der Waals surface area contributed by atoms with Crippen LogP contribution in [0.4, 0.5) is 8.78 Å². The molecule has 1 aliphatic rings. The van der Waals surface area contributed by atoms with Crippen LogP contribution in [0.15, 0.2) is 29.6 Å². The van der Waals surface area contributed by atoms with E-state index in [1.54, 1.807) is 22.3 Å². The van der Waals surface area contributed by atoms with E-state index in [2.05, 4.69) is 4.74 Å². The average molecular weight is 339 g/mol. The predicted molar refractivity (Wildman–Crippen MR) is 82.4 cm³/mol. The Hall–Kier alpha value is -2.15. The second kappa shape index (κ2) is 6.54. The van der Waals surface area contributed by atoms with Gasteiger partial charge >= 0.3 is 6.61 Å². The summed E-state index contributed by atoms with van der Waals surface area (Å²) in [6, 6.07) is 6.54. The lowest BCUT2D eigenvalue weighted by atomic mass is 10.1. The van der Waals surface area contributed by atoms with Gasteiger partial charge in [-0.3, -0.25) is 4.79 Å². The van der Waals surface area contributed by atoms with E-state index in [9.17, 15) is 13.6 Å². The molecule has 3 rings (SSSR count). The molecule has 0 atom stereocenters. The first-order valence-corrected chi connectivity index (χ1v) is 7.94. The molecule has 0 radical (unpaired) electrons. The number of hydrogen-bond donors (Lipinski definition) is 0. The van der Waals surface area contributed by atoms with Crippen LogP contribution in [0.25, 0.3) is 0 Å². The summed E-state index contributed by atoms with van der Waals surface area (Å²) in [6.45, 7) is -2.00. The summed E-state index contributed by atoms with van der Waals surface area (Å²) >= 11 is 1.67. The Labute approximate surface area is 136 Å². The minimum atomic E-state index is -3.03. The lowest BCUT2D eigenvalue weighted by molar-refractivity contribution is -0.0516. The molecule has 2 aromatic rings. The number of carbonyl (C=O) groups excluding carboxylic acids is 1. The van der Waals surface area contributed by atoms with Gasteiger partial charge < -0.3 is 14.4 Å². The number of hydrogen-bond acceptors (Lipinski definition) is 4. The highest BCUT2D eigenvalue weighted by Crippen LogP contribution is 2.34. The van der Waals surface area contributed by atoms with E-state index in [0.29, 0.717) is 13.1 Å². The number of halogens is 2. The maximum Gasteiger partial charge on any atom is 0.387 e. The van der Waals surface area contributed by atoms with E-state index in [1.807, 2.05) is 11.4 Å². The van der Waals surface area contributed by atoms with Crippen molar-refractivity contribution in [2.45, 2.75) is 19.6 Å². The topological polar surface area (TPSA) is 38.8 Å². The van der Waals surface area contributed by atoms with Crippen molar-refractivity contribution in [1.82, 2.24) is 4.90 Å². The zero-order valence-corrected chi connectivity index (χ0v) is 13.2. The van der Waals surface area contributed by atoms with Crippen LogP contribution in [0, 0.1) is 0 Å². The van der Waals surface area contributed by atoms with Crippen molar-refractivity contribution in [1.29, 1.82) is 0 Å². The molecule has 1 aromatic heterocycles. The van der Waals surface area contributed by atoms with Gasteiger partial charge in [0.05, 0.1) is 12.7 Å². The van der Waals surface area contributed by atoms with Gasteiger partial charge in [0.15, 0.2) is 11.5 Å². The minimum absolute atomic E-state index is 0.0864. The van der Waals surface area contributed by atoms with E-state index in [-0.39, 0.29) is 23.0 Å². The molecule has 0 aliphatic carbocycles. The molecule has 1 aliphatic heterocycles. The van der Waals surface area contributed by atoms with Gasteiger partial charge in [0.2, 0.25) is 0 Å². The SMILES string of the molecule is COc1cccc(C(=O)N2CCc3sccc3C2)c1OC(F)F. The van der Waals surface area contributed by atoms with Gasteiger partial charge in [0.1, 0.15) is 0 Å². The molecule has 2 heterocycles. The van der Waals surface area contributed by atoms with Crippen LogP contribution in [0.3, 0.4) is 0 Å². The largest absolute Gasteiger partial charge is 0.493 e. The molecule has 23 heavy (non-hydrogen) atoms. The smallest absolute Gasteiger partial charge is 0.387 e. The summed E-state index contributed by atoms with van der Waals surface area (Å²) in [5, 5.41) is 2.00. The minimum Gasteiger partial charge on any atom is -0.493 e. The quantitative estimate of drug-likeness (QED) is 0.855. The van der Waals surface area contributed by atoms with Crippen molar-refractivity contribution in [2.75, 3.05) is 13.7 Å². The fourth-order valence-electron chi connectivity index (χ4n) is 2.65. The summed E-state index contributed by atoms with van der Waals surface area (Å²) in [7, 11) is 1.35. The van der Waals surface area contributed by atoms with Gasteiger partial charge in [-0.15, -0.1) is 11.3 Å². The second-order valence-electron chi connectivity index (χ2n) is 5.06. The molecule has 7 heteroatoms. The van der Waals surface area contributed by atoms with Crippen molar-refractivity contribution in [3.05, 3.63) is 45.6 Å². The number of benzene rings is 1. The van der Waals surface area contributed by atoms with Crippen molar-refractivity contribution < 1.29 is 23.0 Å². The Bertz CT molecular complexity index is 717. The van der Waals surface area contributed by atoms with Crippen LogP contribution >= 0.6 is 11.3 Å². The highest BCUT2D eigenvalue weighted by Gasteiger charge is 2.27. The molecule has 122 valence electrons. The predicted octanol–water partition coefficient (Wildman–Crippen LogP) is 3.56. The summed E-state index contributed by atoms with van der Waals surface area (Å²) < 4.78 is 34.9. The molecule has 0 fully saturated rings. The summed E-state index contributed by atoms with van der Waals surface area (Å²) in [4.78, 5) is 15.7. The van der Waals surface area contributed by atoms with E-state index in [1.165, 1.54) is 24.1 Å². The van der Waals surface area contributed by atoms with Crippen LogP contribution in [0.1, 0.15) is 20.8 Å². The first-order chi connectivity index (χ1) is 11.1. The zero-order valence-electron chi connectivity index (χ0n) is 12.4. The van der Waals surface area contributed by atoms with E-state index in [4.69, 9.17) is 4.74 Å². The fraction of sp³-hybridized carbons (Fsp3) is 0.312. The van der Waals surface area contributed by atoms with Gasteiger partial charge in [-0.1, -0.05) is 6.07 Å². The normalized spacial score (nSPS) is 13.8. The zero-order chi connectivity index (χ0) is 16.4. The number of para-hydroxylation sites is 1. The van der Waals surface area contributed by atoms with Crippen molar-refractivity contribution in [3.63, 3.8) is 0 Å². The Morgan fingerprint density at radius 1 is 1.35 bits per heavy atom. The molecule has 0 saturated heterocycles. The highest BCUT2D eigenvalue weighted by atomic mass is 32.1. The second-order valence-corrected chi connectivity index (χ2v) is 6.06. The number of rotatable bonds is 4. The summed E-state index contributed by atoms with van der Waals surface area (Å²) in [5.74, 6) is -0.438. The van der Waals surface area contributed by atoms with E-state index < -0.39 is 6.61 Å². The van der Waals surface area contributed by atoms with Crippen LogP contribution in [0.5, 0.6) is 11.5 Å². The molecule has 4 nitrogen and oxygen atoms in total. The third-order valence-electron chi connectivity index (χ3n) is 3.73. The molecular formula is C16H15F2NO3S.